The third-order valence-corrected chi connectivity index (χ3v) is 3.91. The lowest BCUT2D eigenvalue weighted by Gasteiger charge is -2.23. The molecule has 0 aliphatic heterocycles. The molecule has 0 saturated heterocycles. The van der Waals surface area contributed by atoms with Crippen LogP contribution in [0.3, 0.4) is 0 Å². The molecule has 0 amide bonds. The third-order valence-electron chi connectivity index (χ3n) is 3.08. The van der Waals surface area contributed by atoms with Crippen molar-refractivity contribution >= 4 is 11.3 Å². The number of aromatic nitrogens is 1. The van der Waals surface area contributed by atoms with Crippen LogP contribution >= 0.6 is 11.3 Å². The van der Waals surface area contributed by atoms with Gasteiger partial charge in [-0.2, -0.15) is 0 Å². The first-order chi connectivity index (χ1) is 7.67. The van der Waals surface area contributed by atoms with Crippen LogP contribution in [0, 0.1) is 12.8 Å². The highest BCUT2D eigenvalue weighted by molar-refractivity contribution is 7.09. The summed E-state index contributed by atoms with van der Waals surface area (Å²) in [5.41, 5.74) is 1.25. The van der Waals surface area contributed by atoms with Gasteiger partial charge in [0.25, 0.3) is 0 Å². The smallest absolute Gasteiger partial charge is 0.0897 e. The summed E-state index contributed by atoms with van der Waals surface area (Å²) in [4.78, 5) is 4.55. The molecule has 1 heterocycles. The molecular weight excluding hydrogens is 216 g/mol. The second kappa shape index (κ2) is 7.02. The van der Waals surface area contributed by atoms with E-state index in [0.717, 1.165) is 13.0 Å². The van der Waals surface area contributed by atoms with Gasteiger partial charge in [-0.25, -0.2) is 4.98 Å². The van der Waals surface area contributed by atoms with Crippen molar-refractivity contribution < 1.29 is 0 Å². The Kier molecular flexibility index (Phi) is 5.99. The molecule has 1 N–H and O–H groups in total. The van der Waals surface area contributed by atoms with Crippen LogP contribution in [-0.4, -0.2) is 17.6 Å². The minimum absolute atomic E-state index is 0.575. The molecule has 2 nitrogen and oxygen atoms in total. The van der Waals surface area contributed by atoms with Crippen molar-refractivity contribution in [2.24, 2.45) is 5.92 Å². The van der Waals surface area contributed by atoms with Gasteiger partial charge in [0.15, 0.2) is 0 Å². The molecule has 16 heavy (non-hydrogen) atoms. The van der Waals surface area contributed by atoms with E-state index < -0.39 is 0 Å². The molecule has 0 radical (unpaired) electrons. The zero-order chi connectivity index (χ0) is 12.0. The van der Waals surface area contributed by atoms with Crippen LogP contribution in [0.1, 0.15) is 44.3 Å². The molecular formula is C13H24N2S. The molecule has 3 heteroatoms. The lowest BCUT2D eigenvalue weighted by molar-refractivity contribution is 0.363. The summed E-state index contributed by atoms with van der Waals surface area (Å²) in [7, 11) is 0. The average Bonchev–Trinajstić information content (AvgIpc) is 2.69. The van der Waals surface area contributed by atoms with E-state index in [4.69, 9.17) is 0 Å². The Morgan fingerprint density at radius 1 is 1.44 bits per heavy atom. The van der Waals surface area contributed by atoms with Gasteiger partial charge in [-0.3, -0.25) is 0 Å². The first kappa shape index (κ1) is 13.7. The summed E-state index contributed by atoms with van der Waals surface area (Å²) in [6, 6.07) is 0.575. The summed E-state index contributed by atoms with van der Waals surface area (Å²) < 4.78 is 0. The van der Waals surface area contributed by atoms with Gasteiger partial charge < -0.3 is 5.32 Å². The predicted molar refractivity (Wildman–Crippen MR) is 72.1 cm³/mol. The molecule has 0 aliphatic rings. The van der Waals surface area contributed by atoms with E-state index in [2.05, 4.69) is 43.4 Å². The van der Waals surface area contributed by atoms with E-state index in [1.807, 2.05) is 0 Å². The summed E-state index contributed by atoms with van der Waals surface area (Å²) in [6.45, 7) is 9.99. The highest BCUT2D eigenvalue weighted by Gasteiger charge is 2.16. The minimum atomic E-state index is 0.575. The van der Waals surface area contributed by atoms with E-state index in [-0.39, 0.29) is 0 Å². The van der Waals surface area contributed by atoms with E-state index in [1.165, 1.54) is 23.5 Å². The van der Waals surface area contributed by atoms with Crippen LogP contribution in [0.25, 0.3) is 0 Å². The van der Waals surface area contributed by atoms with Crippen molar-refractivity contribution in [3.8, 4) is 0 Å². The predicted octanol–water partition coefficient (Wildman–Crippen LogP) is 3.41. The van der Waals surface area contributed by atoms with Crippen molar-refractivity contribution in [1.29, 1.82) is 0 Å². The van der Waals surface area contributed by atoms with Gasteiger partial charge in [0, 0.05) is 17.8 Å². The van der Waals surface area contributed by atoms with E-state index in [0.29, 0.717) is 12.0 Å². The summed E-state index contributed by atoms with van der Waals surface area (Å²) in [5, 5.41) is 7.01. The SMILES string of the molecule is CCCNC(Cc1csc(C)n1)C(C)CC. The van der Waals surface area contributed by atoms with Crippen molar-refractivity contribution in [2.45, 2.75) is 53.0 Å². The Hall–Kier alpha value is -0.410. The number of aryl methyl sites for hydroxylation is 1. The van der Waals surface area contributed by atoms with Crippen LogP contribution in [0.5, 0.6) is 0 Å². The van der Waals surface area contributed by atoms with Crippen molar-refractivity contribution in [2.75, 3.05) is 6.54 Å². The number of thiazole rings is 1. The monoisotopic (exact) mass is 240 g/mol. The van der Waals surface area contributed by atoms with Crippen molar-refractivity contribution in [1.82, 2.24) is 10.3 Å². The topological polar surface area (TPSA) is 24.9 Å². The number of rotatable bonds is 7. The molecule has 2 unspecified atom stereocenters. The molecule has 0 saturated carbocycles. The Morgan fingerprint density at radius 2 is 2.19 bits per heavy atom. The molecule has 0 bridgehead atoms. The maximum absolute atomic E-state index is 4.55. The molecule has 0 aliphatic carbocycles. The van der Waals surface area contributed by atoms with Gasteiger partial charge in [0.05, 0.1) is 10.7 Å². The van der Waals surface area contributed by atoms with E-state index >= 15 is 0 Å². The lowest BCUT2D eigenvalue weighted by Crippen LogP contribution is -2.37. The van der Waals surface area contributed by atoms with Gasteiger partial charge in [0.2, 0.25) is 0 Å². The second-order valence-electron chi connectivity index (χ2n) is 4.51. The minimum Gasteiger partial charge on any atom is -0.313 e. The zero-order valence-corrected chi connectivity index (χ0v) is 11.7. The second-order valence-corrected chi connectivity index (χ2v) is 5.57. The highest BCUT2D eigenvalue weighted by atomic mass is 32.1. The molecule has 0 fully saturated rings. The van der Waals surface area contributed by atoms with Crippen LogP contribution in [0.4, 0.5) is 0 Å². The van der Waals surface area contributed by atoms with Gasteiger partial charge in [-0.1, -0.05) is 27.2 Å². The number of hydrogen-bond acceptors (Lipinski definition) is 3. The van der Waals surface area contributed by atoms with E-state index in [1.54, 1.807) is 11.3 Å². The van der Waals surface area contributed by atoms with Crippen LogP contribution < -0.4 is 5.32 Å². The van der Waals surface area contributed by atoms with Gasteiger partial charge in [0.1, 0.15) is 0 Å². The fourth-order valence-corrected chi connectivity index (χ4v) is 2.44. The largest absolute Gasteiger partial charge is 0.313 e. The van der Waals surface area contributed by atoms with Crippen LogP contribution in [0.15, 0.2) is 5.38 Å². The summed E-state index contributed by atoms with van der Waals surface area (Å²) in [6.07, 6.45) is 3.49. The normalized spacial score (nSPS) is 15.0. The molecule has 1 aromatic heterocycles. The fraction of sp³-hybridized carbons (Fsp3) is 0.769. The van der Waals surface area contributed by atoms with Crippen molar-refractivity contribution in [3.63, 3.8) is 0 Å². The maximum Gasteiger partial charge on any atom is 0.0897 e. The van der Waals surface area contributed by atoms with E-state index in [9.17, 15) is 0 Å². The van der Waals surface area contributed by atoms with Crippen LogP contribution in [0.2, 0.25) is 0 Å². The Labute approximate surface area is 103 Å². The number of hydrogen-bond donors (Lipinski definition) is 1. The quantitative estimate of drug-likeness (QED) is 0.790. The molecule has 0 aromatic carbocycles. The Bertz CT molecular complexity index is 296. The fourth-order valence-electron chi connectivity index (χ4n) is 1.82. The lowest BCUT2D eigenvalue weighted by atomic mass is 9.95. The Balaban J connectivity index is 2.55. The number of nitrogens with one attached hydrogen (secondary N) is 1. The summed E-state index contributed by atoms with van der Waals surface area (Å²) in [5.74, 6) is 0.716. The molecule has 1 rings (SSSR count). The third kappa shape index (κ3) is 4.22. The zero-order valence-electron chi connectivity index (χ0n) is 10.9. The highest BCUT2D eigenvalue weighted by Crippen LogP contribution is 2.15. The average molecular weight is 240 g/mol. The van der Waals surface area contributed by atoms with Gasteiger partial charge in [-0.05, 0) is 25.8 Å². The first-order valence-electron chi connectivity index (χ1n) is 6.31. The molecule has 92 valence electrons. The maximum atomic E-state index is 4.55. The van der Waals surface area contributed by atoms with Gasteiger partial charge >= 0.3 is 0 Å². The van der Waals surface area contributed by atoms with Crippen molar-refractivity contribution in [3.05, 3.63) is 16.1 Å². The first-order valence-corrected chi connectivity index (χ1v) is 7.19. The summed E-state index contributed by atoms with van der Waals surface area (Å²) >= 11 is 1.75. The molecule has 0 spiro atoms. The molecule has 1 aromatic rings. The van der Waals surface area contributed by atoms with Crippen LogP contribution in [-0.2, 0) is 6.42 Å². The molecule has 2 atom stereocenters. The standard InChI is InChI=1S/C13H24N2S/c1-5-7-14-13(10(3)6-2)8-12-9-16-11(4)15-12/h9-10,13-14H,5-8H2,1-4H3. The Morgan fingerprint density at radius 3 is 2.69 bits per heavy atom. The number of nitrogens with zero attached hydrogens (tertiary/aromatic N) is 1. The van der Waals surface area contributed by atoms with Gasteiger partial charge in [-0.15, -0.1) is 11.3 Å².